The molecule has 0 amide bonds. The van der Waals surface area contributed by atoms with Crippen molar-refractivity contribution in [2.75, 3.05) is 0 Å². The van der Waals surface area contributed by atoms with Gasteiger partial charge in [-0.15, -0.1) is 0 Å². The summed E-state index contributed by atoms with van der Waals surface area (Å²) in [6.45, 7) is 1.79. The van der Waals surface area contributed by atoms with Gasteiger partial charge in [0.25, 0.3) is 0 Å². The van der Waals surface area contributed by atoms with Crippen molar-refractivity contribution in [1.29, 1.82) is 0 Å². The zero-order valence-corrected chi connectivity index (χ0v) is 11.7. The van der Waals surface area contributed by atoms with Crippen LogP contribution in [0, 0.1) is 5.82 Å². The molecule has 100 valence electrons. The van der Waals surface area contributed by atoms with Gasteiger partial charge in [0.05, 0.1) is 10.0 Å². The highest BCUT2D eigenvalue weighted by Gasteiger charge is 2.09. The lowest BCUT2D eigenvalue weighted by atomic mass is 10.1. The molecule has 0 aliphatic carbocycles. The zero-order chi connectivity index (χ0) is 14.0. The molecule has 0 aliphatic heterocycles. The molecule has 0 aromatic heterocycles. The van der Waals surface area contributed by atoms with E-state index in [2.05, 4.69) is 0 Å². The van der Waals surface area contributed by atoms with Gasteiger partial charge in [0.2, 0.25) is 0 Å². The minimum absolute atomic E-state index is 0.114. The summed E-state index contributed by atoms with van der Waals surface area (Å²) in [5.74, 6) is 0.0607. The lowest BCUT2D eigenvalue weighted by molar-refractivity contribution is 0.441. The molecule has 0 radical (unpaired) electrons. The fourth-order valence-electron chi connectivity index (χ4n) is 1.55. The van der Waals surface area contributed by atoms with E-state index >= 15 is 0 Å². The molecular weight excluding hydrogens is 288 g/mol. The van der Waals surface area contributed by atoms with Gasteiger partial charge in [0, 0.05) is 12.1 Å². The van der Waals surface area contributed by atoms with E-state index in [4.69, 9.17) is 33.7 Å². The number of ether oxygens (including phenoxy) is 1. The molecule has 5 heteroatoms. The van der Waals surface area contributed by atoms with Crippen LogP contribution < -0.4 is 10.5 Å². The number of hydrogen-bond donors (Lipinski definition) is 1. The molecule has 0 saturated heterocycles. The first kappa shape index (κ1) is 14.1. The first-order chi connectivity index (χ1) is 8.97. The molecule has 2 N–H and O–H groups in total. The Bertz CT molecular complexity index is 602. The van der Waals surface area contributed by atoms with Crippen LogP contribution in [-0.4, -0.2) is 0 Å². The van der Waals surface area contributed by atoms with E-state index < -0.39 is 5.82 Å². The third-order valence-corrected chi connectivity index (χ3v) is 3.34. The molecule has 2 rings (SSSR count). The minimum Gasteiger partial charge on any atom is -0.454 e. The maximum atomic E-state index is 13.8. The van der Waals surface area contributed by atoms with E-state index in [1.54, 1.807) is 25.1 Å². The largest absolute Gasteiger partial charge is 0.454 e. The molecule has 2 aromatic carbocycles. The summed E-state index contributed by atoms with van der Waals surface area (Å²) in [5, 5.41) is 0.772. The fourth-order valence-corrected chi connectivity index (χ4v) is 1.84. The summed E-state index contributed by atoms with van der Waals surface area (Å²) in [6.07, 6.45) is 0. The Labute approximate surface area is 120 Å². The topological polar surface area (TPSA) is 35.2 Å². The minimum atomic E-state index is -0.471. The number of hydrogen-bond acceptors (Lipinski definition) is 2. The van der Waals surface area contributed by atoms with Crippen LogP contribution in [0.25, 0.3) is 0 Å². The summed E-state index contributed by atoms with van der Waals surface area (Å²) in [6, 6.07) is 9.13. The molecule has 0 heterocycles. The van der Waals surface area contributed by atoms with Crippen LogP contribution in [0.1, 0.15) is 18.5 Å². The average molecular weight is 300 g/mol. The quantitative estimate of drug-likeness (QED) is 0.871. The fraction of sp³-hybridized carbons (Fsp3) is 0.143. The lowest BCUT2D eigenvalue weighted by Crippen LogP contribution is -2.05. The van der Waals surface area contributed by atoms with Crippen molar-refractivity contribution in [3.05, 3.63) is 57.8 Å². The molecule has 0 aliphatic rings. The van der Waals surface area contributed by atoms with Crippen molar-refractivity contribution in [3.63, 3.8) is 0 Å². The van der Waals surface area contributed by atoms with Gasteiger partial charge in [-0.1, -0.05) is 29.3 Å². The summed E-state index contributed by atoms with van der Waals surface area (Å²) in [4.78, 5) is 0. The van der Waals surface area contributed by atoms with Crippen molar-refractivity contribution < 1.29 is 9.13 Å². The van der Waals surface area contributed by atoms with Crippen LogP contribution in [-0.2, 0) is 0 Å². The van der Waals surface area contributed by atoms with Gasteiger partial charge >= 0.3 is 0 Å². The third-order valence-electron chi connectivity index (χ3n) is 2.60. The highest BCUT2D eigenvalue weighted by Crippen LogP contribution is 2.31. The molecule has 0 spiro atoms. The van der Waals surface area contributed by atoms with Gasteiger partial charge in [-0.2, -0.15) is 0 Å². The SMILES string of the molecule is CC(N)c1ccc(Oc2ccc(Cl)c(Cl)c2)c(F)c1. The number of rotatable bonds is 3. The summed E-state index contributed by atoms with van der Waals surface area (Å²) in [5.41, 5.74) is 6.39. The molecule has 0 fully saturated rings. The number of halogens is 3. The monoisotopic (exact) mass is 299 g/mol. The van der Waals surface area contributed by atoms with E-state index in [-0.39, 0.29) is 11.8 Å². The van der Waals surface area contributed by atoms with Gasteiger partial charge < -0.3 is 10.5 Å². The van der Waals surface area contributed by atoms with Crippen molar-refractivity contribution in [2.24, 2.45) is 5.73 Å². The second-order valence-corrected chi connectivity index (χ2v) is 4.97. The second kappa shape index (κ2) is 5.78. The van der Waals surface area contributed by atoms with Gasteiger partial charge in [-0.25, -0.2) is 4.39 Å². The number of nitrogens with two attached hydrogens (primary N) is 1. The molecule has 0 bridgehead atoms. The second-order valence-electron chi connectivity index (χ2n) is 4.16. The van der Waals surface area contributed by atoms with Crippen LogP contribution in [0.15, 0.2) is 36.4 Å². The number of benzene rings is 2. The summed E-state index contributed by atoms with van der Waals surface area (Å²) >= 11 is 11.7. The molecule has 2 nitrogen and oxygen atoms in total. The van der Waals surface area contributed by atoms with E-state index in [9.17, 15) is 4.39 Å². The van der Waals surface area contributed by atoms with Gasteiger partial charge in [0.1, 0.15) is 5.75 Å². The average Bonchev–Trinajstić information content (AvgIpc) is 2.36. The Morgan fingerprint density at radius 2 is 1.84 bits per heavy atom. The summed E-state index contributed by atoms with van der Waals surface area (Å²) in [7, 11) is 0. The van der Waals surface area contributed by atoms with Crippen LogP contribution in [0.2, 0.25) is 10.0 Å². The Morgan fingerprint density at radius 3 is 2.42 bits per heavy atom. The normalized spacial score (nSPS) is 12.3. The first-order valence-electron chi connectivity index (χ1n) is 5.65. The summed E-state index contributed by atoms with van der Waals surface area (Å²) < 4.78 is 19.3. The third kappa shape index (κ3) is 3.38. The molecule has 1 unspecified atom stereocenters. The van der Waals surface area contributed by atoms with Crippen molar-refractivity contribution >= 4 is 23.2 Å². The molecule has 2 aromatic rings. The smallest absolute Gasteiger partial charge is 0.166 e. The van der Waals surface area contributed by atoms with Crippen LogP contribution in [0.3, 0.4) is 0 Å². The van der Waals surface area contributed by atoms with Gasteiger partial charge in [-0.05, 0) is 36.8 Å². The zero-order valence-electron chi connectivity index (χ0n) is 10.2. The maximum absolute atomic E-state index is 13.8. The van der Waals surface area contributed by atoms with E-state index in [0.29, 0.717) is 21.4 Å². The molecule has 0 saturated carbocycles. The van der Waals surface area contributed by atoms with Crippen molar-refractivity contribution in [1.82, 2.24) is 0 Å². The van der Waals surface area contributed by atoms with Crippen molar-refractivity contribution in [3.8, 4) is 11.5 Å². The predicted molar refractivity (Wildman–Crippen MR) is 75.5 cm³/mol. The van der Waals surface area contributed by atoms with Crippen LogP contribution in [0.4, 0.5) is 4.39 Å². The Kier molecular flexibility index (Phi) is 4.30. The molecule has 1 atom stereocenters. The molecular formula is C14H12Cl2FNO. The Balaban J connectivity index is 2.25. The maximum Gasteiger partial charge on any atom is 0.166 e. The highest BCUT2D eigenvalue weighted by molar-refractivity contribution is 6.42. The van der Waals surface area contributed by atoms with E-state index in [1.807, 2.05) is 0 Å². The molecule has 19 heavy (non-hydrogen) atoms. The standard InChI is InChI=1S/C14H12Cl2FNO/c1-8(18)9-2-5-14(13(17)6-9)19-10-3-4-11(15)12(16)7-10/h2-8H,18H2,1H3. The van der Waals surface area contributed by atoms with Crippen LogP contribution in [0.5, 0.6) is 11.5 Å². The lowest BCUT2D eigenvalue weighted by Gasteiger charge is -2.10. The predicted octanol–water partition coefficient (Wildman–Crippen LogP) is 4.94. The highest BCUT2D eigenvalue weighted by atomic mass is 35.5. The van der Waals surface area contributed by atoms with Gasteiger partial charge in [0.15, 0.2) is 11.6 Å². The van der Waals surface area contributed by atoms with E-state index in [1.165, 1.54) is 18.2 Å². The van der Waals surface area contributed by atoms with Crippen molar-refractivity contribution in [2.45, 2.75) is 13.0 Å². The Morgan fingerprint density at radius 1 is 1.11 bits per heavy atom. The Hall–Kier alpha value is -1.29. The first-order valence-corrected chi connectivity index (χ1v) is 6.41. The van der Waals surface area contributed by atoms with Crippen LogP contribution >= 0.6 is 23.2 Å². The van der Waals surface area contributed by atoms with E-state index in [0.717, 1.165) is 0 Å². The van der Waals surface area contributed by atoms with Gasteiger partial charge in [-0.3, -0.25) is 0 Å².